The molecule has 1 aliphatic carbocycles. The van der Waals surface area contributed by atoms with Crippen molar-refractivity contribution in [3.63, 3.8) is 0 Å². The van der Waals surface area contributed by atoms with Gasteiger partial charge in [0, 0.05) is 20.8 Å². The molecule has 2 aromatic heterocycles. The smallest absolute Gasteiger partial charge is 0.293 e. The lowest BCUT2D eigenvalue weighted by atomic mass is 9.93. The topological polar surface area (TPSA) is 55.1 Å². The van der Waals surface area contributed by atoms with Gasteiger partial charge in [-0.3, -0.25) is 10.1 Å². The van der Waals surface area contributed by atoms with Crippen molar-refractivity contribution in [3.05, 3.63) is 44.6 Å². The predicted octanol–water partition coefficient (Wildman–Crippen LogP) is 5.54. The van der Waals surface area contributed by atoms with Crippen LogP contribution in [0.2, 0.25) is 5.02 Å². The van der Waals surface area contributed by atoms with Crippen LogP contribution in [0.15, 0.2) is 16.5 Å². The maximum absolute atomic E-state index is 12.7. The Bertz CT molecular complexity index is 989. The summed E-state index contributed by atoms with van der Waals surface area (Å²) in [6, 6.07) is 3.72. The zero-order chi connectivity index (χ0) is 17.7. The lowest BCUT2D eigenvalue weighted by Crippen LogP contribution is -2.12. The molecular formula is C19H19ClN2O2S. The predicted molar refractivity (Wildman–Crippen MR) is 102 cm³/mol. The number of amides is 1. The third-order valence-corrected chi connectivity index (χ3v) is 6.27. The number of fused-ring (bicyclic) bond motifs is 2. The normalized spacial score (nSPS) is 16.9. The molecule has 6 heteroatoms. The largest absolute Gasteiger partial charge is 0.451 e. The number of aryl methyl sites for hydroxylation is 3. The van der Waals surface area contributed by atoms with Gasteiger partial charge >= 0.3 is 0 Å². The fraction of sp³-hybridized carbons (Fsp3) is 0.368. The van der Waals surface area contributed by atoms with Gasteiger partial charge in [-0.05, 0) is 56.7 Å². The van der Waals surface area contributed by atoms with Crippen LogP contribution in [0.4, 0.5) is 5.13 Å². The molecule has 0 fully saturated rings. The molecule has 130 valence electrons. The van der Waals surface area contributed by atoms with Crippen LogP contribution in [0.25, 0.3) is 11.0 Å². The van der Waals surface area contributed by atoms with Gasteiger partial charge in [0.05, 0.1) is 5.69 Å². The molecular weight excluding hydrogens is 356 g/mol. The first-order valence-electron chi connectivity index (χ1n) is 8.41. The summed E-state index contributed by atoms with van der Waals surface area (Å²) in [5.41, 5.74) is 3.53. The molecule has 3 aromatic rings. The highest BCUT2D eigenvalue weighted by molar-refractivity contribution is 7.15. The van der Waals surface area contributed by atoms with E-state index in [1.165, 1.54) is 4.88 Å². The molecule has 1 amide bonds. The minimum Gasteiger partial charge on any atom is -0.451 e. The average Bonchev–Trinajstić information content (AvgIpc) is 3.09. The average molecular weight is 375 g/mol. The van der Waals surface area contributed by atoms with E-state index in [2.05, 4.69) is 17.2 Å². The third kappa shape index (κ3) is 2.96. The van der Waals surface area contributed by atoms with Crippen LogP contribution in [0.1, 0.15) is 45.6 Å². The van der Waals surface area contributed by atoms with Crippen LogP contribution in [0.3, 0.4) is 0 Å². The van der Waals surface area contributed by atoms with Crippen molar-refractivity contribution in [1.29, 1.82) is 0 Å². The number of hydrogen-bond donors (Lipinski definition) is 1. The molecule has 0 radical (unpaired) electrons. The molecule has 1 aliphatic rings. The molecule has 4 rings (SSSR count). The fourth-order valence-corrected chi connectivity index (χ4v) is 4.64. The van der Waals surface area contributed by atoms with E-state index in [0.717, 1.165) is 41.5 Å². The Morgan fingerprint density at radius 1 is 1.40 bits per heavy atom. The first-order chi connectivity index (χ1) is 11.9. The number of halogens is 1. The Balaban J connectivity index is 1.63. The zero-order valence-electron chi connectivity index (χ0n) is 14.4. The Morgan fingerprint density at radius 3 is 3.00 bits per heavy atom. The van der Waals surface area contributed by atoms with Crippen LogP contribution >= 0.6 is 22.9 Å². The van der Waals surface area contributed by atoms with Crippen molar-refractivity contribution >= 4 is 44.9 Å². The van der Waals surface area contributed by atoms with Crippen LogP contribution < -0.4 is 5.32 Å². The van der Waals surface area contributed by atoms with Crippen molar-refractivity contribution in [1.82, 2.24) is 4.98 Å². The maximum atomic E-state index is 12.7. The Labute approximate surface area is 155 Å². The monoisotopic (exact) mass is 374 g/mol. The number of rotatable bonds is 2. The Morgan fingerprint density at radius 2 is 2.20 bits per heavy atom. The second kappa shape index (κ2) is 6.15. The molecule has 4 nitrogen and oxygen atoms in total. The lowest BCUT2D eigenvalue weighted by molar-refractivity contribution is 0.0998. The molecule has 0 saturated carbocycles. The number of carbonyl (C=O) groups is 1. The van der Waals surface area contributed by atoms with Gasteiger partial charge in [-0.25, -0.2) is 4.98 Å². The summed E-state index contributed by atoms with van der Waals surface area (Å²) in [6.07, 6.45) is 3.20. The van der Waals surface area contributed by atoms with Gasteiger partial charge in [0.2, 0.25) is 0 Å². The van der Waals surface area contributed by atoms with E-state index in [1.807, 2.05) is 26.0 Å². The van der Waals surface area contributed by atoms with Crippen molar-refractivity contribution in [2.24, 2.45) is 5.92 Å². The number of aromatic nitrogens is 1. The van der Waals surface area contributed by atoms with Crippen LogP contribution in [0, 0.1) is 19.8 Å². The van der Waals surface area contributed by atoms with Gasteiger partial charge in [0.25, 0.3) is 5.91 Å². The number of nitrogens with zero attached hydrogens (tertiary/aromatic N) is 1. The highest BCUT2D eigenvalue weighted by Gasteiger charge is 2.23. The summed E-state index contributed by atoms with van der Waals surface area (Å²) in [6.45, 7) is 6.05. The summed E-state index contributed by atoms with van der Waals surface area (Å²) in [5.74, 6) is 0.738. The van der Waals surface area contributed by atoms with Gasteiger partial charge in [-0.2, -0.15) is 0 Å². The maximum Gasteiger partial charge on any atom is 0.293 e. The summed E-state index contributed by atoms with van der Waals surface area (Å²) >= 11 is 7.77. The van der Waals surface area contributed by atoms with E-state index >= 15 is 0 Å². The molecule has 0 aliphatic heterocycles. The van der Waals surface area contributed by atoms with Gasteiger partial charge in [0.15, 0.2) is 10.9 Å². The minimum atomic E-state index is -0.262. The minimum absolute atomic E-state index is 0.262. The molecule has 1 N–H and O–H groups in total. The molecule has 0 spiro atoms. The molecule has 1 aromatic carbocycles. The van der Waals surface area contributed by atoms with Gasteiger partial charge in [-0.15, -0.1) is 11.3 Å². The van der Waals surface area contributed by atoms with Crippen LogP contribution in [-0.2, 0) is 12.8 Å². The third-order valence-electron chi connectivity index (χ3n) is 4.83. The van der Waals surface area contributed by atoms with Crippen LogP contribution in [-0.4, -0.2) is 10.9 Å². The van der Waals surface area contributed by atoms with Crippen molar-refractivity contribution < 1.29 is 9.21 Å². The van der Waals surface area contributed by atoms with Crippen LogP contribution in [0.5, 0.6) is 0 Å². The van der Waals surface area contributed by atoms with Crippen molar-refractivity contribution in [3.8, 4) is 0 Å². The summed E-state index contributed by atoms with van der Waals surface area (Å²) in [4.78, 5) is 18.6. The van der Waals surface area contributed by atoms with Gasteiger partial charge in [-0.1, -0.05) is 18.5 Å². The van der Waals surface area contributed by atoms with Gasteiger partial charge < -0.3 is 4.42 Å². The first kappa shape index (κ1) is 16.6. The van der Waals surface area contributed by atoms with Gasteiger partial charge in [0.1, 0.15) is 5.58 Å². The molecule has 25 heavy (non-hydrogen) atoms. The van der Waals surface area contributed by atoms with E-state index in [4.69, 9.17) is 16.0 Å². The zero-order valence-corrected chi connectivity index (χ0v) is 16.0. The Hall–Kier alpha value is -1.85. The molecule has 2 heterocycles. The number of hydrogen-bond acceptors (Lipinski definition) is 4. The second-order valence-corrected chi connectivity index (χ2v) is 8.34. The lowest BCUT2D eigenvalue weighted by Gasteiger charge is -2.15. The second-order valence-electron chi connectivity index (χ2n) is 6.84. The number of thiazole rings is 1. The quantitative estimate of drug-likeness (QED) is 0.641. The standard InChI is InChI=1S/C19H19ClN2O2S/c1-9-4-5-14-16(6-9)25-19(21-14)22-18(23)17-11(3)12-8-13(20)10(2)7-15(12)24-17/h7-9H,4-6H2,1-3H3,(H,21,22,23). The van der Waals surface area contributed by atoms with E-state index < -0.39 is 0 Å². The fourth-order valence-electron chi connectivity index (χ4n) is 3.31. The number of furan rings is 1. The summed E-state index contributed by atoms with van der Waals surface area (Å²) < 4.78 is 5.79. The molecule has 1 unspecified atom stereocenters. The Kier molecular flexibility index (Phi) is 4.08. The number of anilines is 1. The van der Waals surface area contributed by atoms with Crippen molar-refractivity contribution in [2.75, 3.05) is 5.32 Å². The van der Waals surface area contributed by atoms with E-state index in [1.54, 1.807) is 11.3 Å². The van der Waals surface area contributed by atoms with Crippen molar-refractivity contribution in [2.45, 2.75) is 40.0 Å². The SMILES string of the molecule is Cc1cc2oc(C(=O)Nc3nc4c(s3)CC(C)CC4)c(C)c2cc1Cl. The summed E-state index contributed by atoms with van der Waals surface area (Å²) in [7, 11) is 0. The van der Waals surface area contributed by atoms with E-state index in [-0.39, 0.29) is 5.91 Å². The molecule has 1 atom stereocenters. The number of benzene rings is 1. The summed E-state index contributed by atoms with van der Waals surface area (Å²) in [5, 5.41) is 5.09. The highest BCUT2D eigenvalue weighted by atomic mass is 35.5. The molecule has 0 bridgehead atoms. The van der Waals surface area contributed by atoms with E-state index in [9.17, 15) is 4.79 Å². The highest BCUT2D eigenvalue weighted by Crippen LogP contribution is 2.34. The number of nitrogens with one attached hydrogen (secondary N) is 1. The number of carbonyl (C=O) groups excluding carboxylic acids is 1. The first-order valence-corrected chi connectivity index (χ1v) is 9.61. The van der Waals surface area contributed by atoms with E-state index in [0.29, 0.717) is 27.4 Å². The molecule has 0 saturated heterocycles.